The quantitative estimate of drug-likeness (QED) is 0.708. The number of hydrogen-bond acceptors (Lipinski definition) is 3. The van der Waals surface area contributed by atoms with Crippen LogP contribution in [0.3, 0.4) is 0 Å². The van der Waals surface area contributed by atoms with Crippen molar-refractivity contribution in [2.75, 3.05) is 18.0 Å². The highest BCUT2D eigenvalue weighted by atomic mass is 19.1. The lowest BCUT2D eigenvalue weighted by atomic mass is 10.2. The molecule has 0 amide bonds. The van der Waals surface area contributed by atoms with Crippen molar-refractivity contribution in [2.24, 2.45) is 0 Å². The Hall–Kier alpha value is -1.29. The summed E-state index contributed by atoms with van der Waals surface area (Å²) in [7, 11) is 0. The van der Waals surface area contributed by atoms with Gasteiger partial charge in [-0.1, -0.05) is 6.07 Å². The average Bonchev–Trinajstić information content (AvgIpc) is 2.57. The van der Waals surface area contributed by atoms with E-state index in [4.69, 9.17) is 5.11 Å². The van der Waals surface area contributed by atoms with Crippen LogP contribution >= 0.6 is 0 Å². The van der Waals surface area contributed by atoms with Gasteiger partial charge in [0, 0.05) is 13.1 Å². The van der Waals surface area contributed by atoms with Gasteiger partial charge in [0.1, 0.15) is 0 Å². The first-order valence-corrected chi connectivity index (χ1v) is 4.59. The average molecular weight is 197 g/mol. The molecule has 1 unspecified atom stereocenters. The molecule has 0 radical (unpaired) electrons. The maximum absolute atomic E-state index is 13.4. The number of aliphatic hydroxyl groups excluding tert-OH is 1. The largest absolute Gasteiger partial charge is 0.505 e. The van der Waals surface area contributed by atoms with Crippen LogP contribution in [0.2, 0.25) is 0 Å². The Bertz CT molecular complexity index is 343. The molecule has 0 bridgehead atoms. The Kier molecular flexibility index (Phi) is 2.29. The SMILES string of the molecule is Oc1cccc(N2CCC(O)C2)c1F. The number of anilines is 1. The summed E-state index contributed by atoms with van der Waals surface area (Å²) in [5, 5.41) is 18.5. The van der Waals surface area contributed by atoms with Gasteiger partial charge < -0.3 is 15.1 Å². The van der Waals surface area contributed by atoms with Gasteiger partial charge in [0.05, 0.1) is 11.8 Å². The highest BCUT2D eigenvalue weighted by molar-refractivity contribution is 5.53. The summed E-state index contributed by atoms with van der Waals surface area (Å²) < 4.78 is 13.4. The third-order valence-electron chi connectivity index (χ3n) is 2.46. The normalized spacial score (nSPS) is 21.6. The Morgan fingerprint density at radius 2 is 2.21 bits per heavy atom. The number of phenolic OH excluding ortho intramolecular Hbond substituents is 1. The van der Waals surface area contributed by atoms with Crippen molar-refractivity contribution in [3.05, 3.63) is 24.0 Å². The fraction of sp³-hybridized carbons (Fsp3) is 0.400. The van der Waals surface area contributed by atoms with Crippen molar-refractivity contribution >= 4 is 5.69 Å². The molecule has 0 spiro atoms. The van der Waals surface area contributed by atoms with E-state index in [-0.39, 0.29) is 5.75 Å². The molecule has 3 nitrogen and oxygen atoms in total. The van der Waals surface area contributed by atoms with E-state index in [2.05, 4.69) is 0 Å². The molecule has 1 aromatic carbocycles. The second-order valence-corrected chi connectivity index (χ2v) is 3.50. The van der Waals surface area contributed by atoms with Crippen LogP contribution < -0.4 is 4.90 Å². The molecule has 4 heteroatoms. The molecule has 1 saturated heterocycles. The van der Waals surface area contributed by atoms with Crippen molar-refractivity contribution in [1.82, 2.24) is 0 Å². The minimum absolute atomic E-state index is 0.344. The molecular weight excluding hydrogens is 185 g/mol. The molecule has 76 valence electrons. The van der Waals surface area contributed by atoms with E-state index in [1.807, 2.05) is 0 Å². The lowest BCUT2D eigenvalue weighted by Gasteiger charge is -2.18. The number of nitrogens with zero attached hydrogens (tertiary/aromatic N) is 1. The number of β-amino-alcohol motifs (C(OH)–C–C–N with tert-alkyl or cyclic N) is 1. The summed E-state index contributed by atoms with van der Waals surface area (Å²) in [6.45, 7) is 1.06. The Labute approximate surface area is 81.4 Å². The third-order valence-corrected chi connectivity index (χ3v) is 2.46. The zero-order chi connectivity index (χ0) is 10.1. The van der Waals surface area contributed by atoms with Gasteiger partial charge in [-0.25, -0.2) is 4.39 Å². The number of phenols is 1. The van der Waals surface area contributed by atoms with E-state index in [1.165, 1.54) is 6.07 Å². The molecule has 1 aliphatic heterocycles. The first-order valence-electron chi connectivity index (χ1n) is 4.59. The predicted octanol–water partition coefficient (Wildman–Crippen LogP) is 1.10. The molecule has 14 heavy (non-hydrogen) atoms. The molecular formula is C10H12FNO2. The Morgan fingerprint density at radius 3 is 2.86 bits per heavy atom. The number of aromatic hydroxyl groups is 1. The van der Waals surface area contributed by atoms with E-state index in [1.54, 1.807) is 17.0 Å². The number of hydrogen-bond donors (Lipinski definition) is 2. The summed E-state index contributed by atoms with van der Waals surface area (Å²) in [6.07, 6.45) is 0.256. The first kappa shape index (κ1) is 9.27. The van der Waals surface area contributed by atoms with E-state index >= 15 is 0 Å². The Balaban J connectivity index is 2.28. The number of benzene rings is 1. The minimum Gasteiger partial charge on any atom is -0.505 e. The minimum atomic E-state index is -0.610. The van der Waals surface area contributed by atoms with Gasteiger partial charge in [-0.15, -0.1) is 0 Å². The molecule has 0 aromatic heterocycles. The molecule has 1 fully saturated rings. The van der Waals surface area contributed by atoms with Gasteiger partial charge in [0.2, 0.25) is 0 Å². The van der Waals surface area contributed by atoms with Crippen molar-refractivity contribution in [1.29, 1.82) is 0 Å². The maximum atomic E-state index is 13.4. The topological polar surface area (TPSA) is 43.7 Å². The van der Waals surface area contributed by atoms with Gasteiger partial charge in [-0.2, -0.15) is 0 Å². The smallest absolute Gasteiger partial charge is 0.188 e. The van der Waals surface area contributed by atoms with Crippen molar-refractivity contribution < 1.29 is 14.6 Å². The molecule has 1 heterocycles. The molecule has 1 atom stereocenters. The first-order chi connectivity index (χ1) is 6.68. The third kappa shape index (κ3) is 1.53. The number of rotatable bonds is 1. The van der Waals surface area contributed by atoms with Crippen LogP contribution in [-0.2, 0) is 0 Å². The van der Waals surface area contributed by atoms with E-state index in [0.717, 1.165) is 0 Å². The highest BCUT2D eigenvalue weighted by Gasteiger charge is 2.23. The summed E-state index contributed by atoms with van der Waals surface area (Å²) in [4.78, 5) is 1.74. The van der Waals surface area contributed by atoms with Crippen LogP contribution in [0.4, 0.5) is 10.1 Å². The van der Waals surface area contributed by atoms with E-state index in [0.29, 0.717) is 25.2 Å². The molecule has 2 N–H and O–H groups in total. The molecule has 1 aliphatic rings. The summed E-state index contributed by atoms with van der Waals surface area (Å²) >= 11 is 0. The summed E-state index contributed by atoms with van der Waals surface area (Å²) in [5.41, 5.74) is 0.363. The van der Waals surface area contributed by atoms with Crippen molar-refractivity contribution in [2.45, 2.75) is 12.5 Å². The van der Waals surface area contributed by atoms with Crippen LogP contribution in [0.15, 0.2) is 18.2 Å². The summed E-state index contributed by atoms with van der Waals surface area (Å²) in [6, 6.07) is 4.51. The van der Waals surface area contributed by atoms with Crippen LogP contribution in [0.5, 0.6) is 5.75 Å². The van der Waals surface area contributed by atoms with Crippen LogP contribution in [0.1, 0.15) is 6.42 Å². The lowest BCUT2D eigenvalue weighted by molar-refractivity contribution is 0.198. The zero-order valence-corrected chi connectivity index (χ0v) is 7.65. The van der Waals surface area contributed by atoms with Crippen LogP contribution in [0, 0.1) is 5.82 Å². The fourth-order valence-electron chi connectivity index (χ4n) is 1.71. The van der Waals surface area contributed by atoms with Gasteiger partial charge in [-0.05, 0) is 18.6 Å². The number of aliphatic hydroxyl groups is 1. The second kappa shape index (κ2) is 3.46. The zero-order valence-electron chi connectivity index (χ0n) is 7.65. The lowest BCUT2D eigenvalue weighted by Crippen LogP contribution is -2.22. The van der Waals surface area contributed by atoms with Gasteiger partial charge >= 0.3 is 0 Å². The monoisotopic (exact) mass is 197 g/mol. The Morgan fingerprint density at radius 1 is 1.43 bits per heavy atom. The highest BCUT2D eigenvalue weighted by Crippen LogP contribution is 2.28. The predicted molar refractivity (Wildman–Crippen MR) is 50.9 cm³/mol. The number of halogens is 1. The van der Waals surface area contributed by atoms with Gasteiger partial charge in [0.15, 0.2) is 11.6 Å². The standard InChI is InChI=1S/C10H12FNO2/c11-10-8(2-1-3-9(10)14)12-5-4-7(13)6-12/h1-3,7,13-14H,4-6H2. The van der Waals surface area contributed by atoms with Crippen LogP contribution in [-0.4, -0.2) is 29.4 Å². The molecule has 1 aromatic rings. The van der Waals surface area contributed by atoms with E-state index in [9.17, 15) is 9.50 Å². The summed E-state index contributed by atoms with van der Waals surface area (Å²) in [5.74, 6) is -0.953. The van der Waals surface area contributed by atoms with Crippen molar-refractivity contribution in [3.63, 3.8) is 0 Å². The van der Waals surface area contributed by atoms with Gasteiger partial charge in [-0.3, -0.25) is 0 Å². The molecule has 0 aliphatic carbocycles. The van der Waals surface area contributed by atoms with E-state index < -0.39 is 11.9 Å². The van der Waals surface area contributed by atoms with Gasteiger partial charge in [0.25, 0.3) is 0 Å². The maximum Gasteiger partial charge on any atom is 0.188 e. The fourth-order valence-corrected chi connectivity index (χ4v) is 1.71. The molecule has 2 rings (SSSR count). The molecule has 0 saturated carbocycles. The van der Waals surface area contributed by atoms with Crippen molar-refractivity contribution in [3.8, 4) is 5.75 Å². The van der Waals surface area contributed by atoms with Crippen LogP contribution in [0.25, 0.3) is 0 Å². The second-order valence-electron chi connectivity index (χ2n) is 3.50.